The molecule has 0 radical (unpaired) electrons. The molecule has 0 bridgehead atoms. The fraction of sp³-hybridized carbons (Fsp3) is 0.843. The molecule has 19 heteroatoms. The highest BCUT2D eigenvalue weighted by atomic mass is 16.8. The average molecular weight is 1450 g/mol. The van der Waals surface area contributed by atoms with Crippen LogP contribution in [0.4, 0.5) is 0 Å². The van der Waals surface area contributed by atoms with Gasteiger partial charge in [-0.15, -0.1) is 0 Å². The molecule has 0 aromatic heterocycles. The van der Waals surface area contributed by atoms with Crippen molar-refractivity contribution < 1.29 is 89.4 Å². The van der Waals surface area contributed by atoms with Crippen LogP contribution in [-0.4, -0.2) is 193 Å². The molecule has 3 rings (SSSR count). The van der Waals surface area contributed by atoms with E-state index in [1.165, 1.54) is 218 Å². The first kappa shape index (κ1) is 93.4. The van der Waals surface area contributed by atoms with Crippen LogP contribution in [-0.2, 0) is 33.2 Å². The Bertz CT molecular complexity index is 2120. The number of allylic oxidation sites excluding steroid dienone is 11. The van der Waals surface area contributed by atoms with Crippen molar-refractivity contribution in [1.82, 2.24) is 5.32 Å². The van der Waals surface area contributed by atoms with Gasteiger partial charge in [-0.05, 0) is 70.6 Å². The molecule has 0 aliphatic carbocycles. The van der Waals surface area contributed by atoms with E-state index in [1.54, 1.807) is 6.08 Å². The number of amides is 1. The number of aliphatic hydroxyl groups excluding tert-OH is 11. The predicted octanol–water partition coefficient (Wildman–Crippen LogP) is 14.0. The number of rotatable bonds is 65. The van der Waals surface area contributed by atoms with Gasteiger partial charge in [0.05, 0.1) is 38.6 Å². The average Bonchev–Trinajstić information content (AvgIpc) is 0.781. The monoisotopic (exact) mass is 1450 g/mol. The minimum absolute atomic E-state index is 0.237. The molecule has 0 saturated carbocycles. The Balaban J connectivity index is 1.35. The third-order valence-electron chi connectivity index (χ3n) is 20.2. The Morgan fingerprint density at radius 1 is 0.363 bits per heavy atom. The Morgan fingerprint density at radius 2 is 0.686 bits per heavy atom. The summed E-state index contributed by atoms with van der Waals surface area (Å²) in [6.45, 7) is 1.64. The van der Waals surface area contributed by atoms with Crippen molar-refractivity contribution in [2.24, 2.45) is 0 Å². The van der Waals surface area contributed by atoms with Gasteiger partial charge in [0, 0.05) is 6.42 Å². The van der Waals surface area contributed by atoms with Gasteiger partial charge in [-0.25, -0.2) is 0 Å². The van der Waals surface area contributed by atoms with Crippen molar-refractivity contribution in [2.75, 3.05) is 26.4 Å². The number of unbranched alkanes of at least 4 members (excludes halogenated alkanes) is 39. The van der Waals surface area contributed by atoms with Crippen LogP contribution in [0.15, 0.2) is 72.9 Å². The van der Waals surface area contributed by atoms with E-state index in [-0.39, 0.29) is 18.9 Å². The van der Waals surface area contributed by atoms with E-state index < -0.39 is 124 Å². The maximum absolute atomic E-state index is 13.5. The maximum atomic E-state index is 13.5. The van der Waals surface area contributed by atoms with Gasteiger partial charge >= 0.3 is 0 Å². The van der Waals surface area contributed by atoms with Crippen molar-refractivity contribution in [3.05, 3.63) is 72.9 Å². The Morgan fingerprint density at radius 3 is 1.10 bits per heavy atom. The molecular weight excluding hydrogens is 1300 g/mol. The van der Waals surface area contributed by atoms with Crippen LogP contribution >= 0.6 is 0 Å². The summed E-state index contributed by atoms with van der Waals surface area (Å²) in [4.78, 5) is 13.5. The lowest BCUT2D eigenvalue weighted by molar-refractivity contribution is -0.379. The largest absolute Gasteiger partial charge is 0.394 e. The van der Waals surface area contributed by atoms with E-state index >= 15 is 0 Å². The van der Waals surface area contributed by atoms with Gasteiger partial charge in [0.15, 0.2) is 18.9 Å². The smallest absolute Gasteiger partial charge is 0.220 e. The summed E-state index contributed by atoms with van der Waals surface area (Å²) in [5.41, 5.74) is 0. The van der Waals surface area contributed by atoms with E-state index in [0.29, 0.717) is 12.8 Å². The van der Waals surface area contributed by atoms with E-state index in [1.807, 2.05) is 6.08 Å². The van der Waals surface area contributed by atoms with Crippen molar-refractivity contribution >= 4 is 5.91 Å². The van der Waals surface area contributed by atoms with Crippen LogP contribution in [0.2, 0.25) is 0 Å². The molecule has 3 heterocycles. The number of carbonyl (C=O) groups excluding carboxylic acids is 1. The summed E-state index contributed by atoms with van der Waals surface area (Å²) in [6, 6.07) is -0.992. The normalized spacial score (nSPS) is 26.5. The van der Waals surface area contributed by atoms with Gasteiger partial charge < -0.3 is 89.9 Å². The number of hydrogen-bond acceptors (Lipinski definition) is 18. The van der Waals surface area contributed by atoms with Gasteiger partial charge in [-0.2, -0.15) is 0 Å². The fourth-order valence-electron chi connectivity index (χ4n) is 13.7. The highest BCUT2D eigenvalue weighted by molar-refractivity contribution is 5.76. The van der Waals surface area contributed by atoms with Crippen molar-refractivity contribution in [3.63, 3.8) is 0 Å². The first-order valence-electron chi connectivity index (χ1n) is 41.2. The van der Waals surface area contributed by atoms with Gasteiger partial charge in [0.2, 0.25) is 5.91 Å². The van der Waals surface area contributed by atoms with Crippen molar-refractivity contribution in [3.8, 4) is 0 Å². The Kier molecular flexibility index (Phi) is 57.9. The maximum Gasteiger partial charge on any atom is 0.220 e. The molecular formula is C83H149NO18. The molecule has 1 amide bonds. The standard InChI is InChI=1S/C83H149NO18/c1-3-5-7-9-11-13-15-17-19-21-23-25-27-28-29-30-31-32-33-34-35-36-37-38-39-41-43-45-47-49-51-53-55-57-59-61-71(89)84-66(67(88)60-58-56-54-52-50-48-46-44-42-40-26-24-22-20-18-16-14-12-10-8-6-4-2)65-97-81-77(95)74(92)79(69(63-86)99-81)102-83-78(96)75(93)80(70(64-87)100-83)101-82-76(94)73(91)72(90)68(62-85)98-82/h5,7,11,13,17,19,23,25,50,52,58,60,66-70,72-83,85-88,90-96H,3-4,6,8-10,12,14-16,18,20-22,24,26-49,51,53-57,59,61-65H2,1-2H3,(H,84,89)/b7-5-,13-11-,19-17-,25-23-,52-50+,60-58+. The number of nitrogens with one attached hydrogen (secondary N) is 1. The molecule has 102 heavy (non-hydrogen) atoms. The summed E-state index contributed by atoms with van der Waals surface area (Å²) in [7, 11) is 0. The molecule has 3 aliphatic rings. The zero-order valence-electron chi connectivity index (χ0n) is 63.6. The third kappa shape index (κ3) is 42.7. The molecule has 3 aliphatic heterocycles. The quantitative estimate of drug-likeness (QED) is 0.0199. The van der Waals surface area contributed by atoms with Crippen molar-refractivity contribution in [1.29, 1.82) is 0 Å². The van der Waals surface area contributed by atoms with Crippen LogP contribution in [0.5, 0.6) is 0 Å². The number of hydrogen-bond donors (Lipinski definition) is 12. The third-order valence-corrected chi connectivity index (χ3v) is 20.2. The second kappa shape index (κ2) is 63.2. The molecule has 594 valence electrons. The number of ether oxygens (including phenoxy) is 6. The highest BCUT2D eigenvalue weighted by Crippen LogP contribution is 2.33. The van der Waals surface area contributed by atoms with E-state index in [0.717, 1.165) is 64.2 Å². The van der Waals surface area contributed by atoms with E-state index in [2.05, 4.69) is 79.9 Å². The van der Waals surface area contributed by atoms with Crippen LogP contribution < -0.4 is 5.32 Å². The van der Waals surface area contributed by atoms with Gasteiger partial charge in [0.1, 0.15) is 73.2 Å². The zero-order chi connectivity index (χ0) is 73.9. The van der Waals surface area contributed by atoms with E-state index in [4.69, 9.17) is 28.4 Å². The lowest BCUT2D eigenvalue weighted by Gasteiger charge is -2.48. The zero-order valence-corrected chi connectivity index (χ0v) is 63.6. The van der Waals surface area contributed by atoms with Crippen LogP contribution in [0.1, 0.15) is 316 Å². The van der Waals surface area contributed by atoms with Crippen LogP contribution in [0, 0.1) is 0 Å². The molecule has 0 aromatic carbocycles. The topological polar surface area (TPSA) is 307 Å². The highest BCUT2D eigenvalue weighted by Gasteiger charge is 2.54. The minimum Gasteiger partial charge on any atom is -0.394 e. The summed E-state index contributed by atoms with van der Waals surface area (Å²) >= 11 is 0. The second-order valence-corrected chi connectivity index (χ2v) is 29.2. The summed E-state index contributed by atoms with van der Waals surface area (Å²) in [5, 5.41) is 121. The Labute approximate surface area is 617 Å². The lowest BCUT2D eigenvalue weighted by atomic mass is 9.96. The minimum atomic E-state index is -1.98. The molecule has 12 N–H and O–H groups in total. The van der Waals surface area contributed by atoms with Crippen molar-refractivity contribution in [2.45, 2.75) is 420 Å². The second-order valence-electron chi connectivity index (χ2n) is 29.2. The first-order valence-corrected chi connectivity index (χ1v) is 41.2. The summed E-state index contributed by atoms with van der Waals surface area (Å²) in [5.74, 6) is -0.281. The summed E-state index contributed by atoms with van der Waals surface area (Å²) in [6.07, 6.45) is 56.1. The number of carbonyl (C=O) groups is 1. The lowest BCUT2D eigenvalue weighted by Crippen LogP contribution is -2.66. The SMILES string of the molecule is CC/C=C\C/C=C\C/C=C\C/C=C\CCCCCCCCCCCCCCCCCCCCCCCCC(=O)NC(COC1OC(CO)C(OC2OC(CO)C(OC3OC(CO)C(O)C(O)C3O)C(O)C2O)C(O)C1O)C(O)/C=C/CC/C=C/CCCCCCCCCCCCCCCCCC. The molecule has 17 unspecified atom stereocenters. The van der Waals surface area contributed by atoms with Gasteiger partial charge in [-0.3, -0.25) is 4.79 Å². The van der Waals surface area contributed by atoms with Crippen LogP contribution in [0.25, 0.3) is 0 Å². The van der Waals surface area contributed by atoms with E-state index in [9.17, 15) is 61.0 Å². The molecule has 0 aromatic rings. The predicted molar refractivity (Wildman–Crippen MR) is 406 cm³/mol. The van der Waals surface area contributed by atoms with Gasteiger partial charge in [-0.1, -0.05) is 311 Å². The summed E-state index contributed by atoms with van der Waals surface area (Å²) < 4.78 is 34.4. The first-order chi connectivity index (χ1) is 49.8. The fourth-order valence-corrected chi connectivity index (χ4v) is 13.7. The molecule has 3 fully saturated rings. The molecule has 3 saturated heterocycles. The molecule has 17 atom stereocenters. The number of aliphatic hydroxyl groups is 11. The van der Waals surface area contributed by atoms with Crippen LogP contribution in [0.3, 0.4) is 0 Å². The molecule has 19 nitrogen and oxygen atoms in total. The molecule has 0 spiro atoms. The Hall–Kier alpha value is -2.77. The van der Waals surface area contributed by atoms with Gasteiger partial charge in [0.25, 0.3) is 0 Å².